The van der Waals surface area contributed by atoms with E-state index in [0.29, 0.717) is 29.8 Å². The lowest BCUT2D eigenvalue weighted by Gasteiger charge is -2.38. The second kappa shape index (κ2) is 9.74. The van der Waals surface area contributed by atoms with Crippen molar-refractivity contribution < 1.29 is 28.8 Å². The topological polar surface area (TPSA) is 125 Å². The molecule has 0 fully saturated rings. The molecule has 33 heavy (non-hydrogen) atoms. The van der Waals surface area contributed by atoms with Crippen LogP contribution in [0.25, 0.3) is 0 Å². The van der Waals surface area contributed by atoms with Crippen LogP contribution in [0.3, 0.4) is 0 Å². The summed E-state index contributed by atoms with van der Waals surface area (Å²) in [6.45, 7) is 5.48. The van der Waals surface area contributed by atoms with E-state index in [1.165, 1.54) is 25.3 Å². The summed E-state index contributed by atoms with van der Waals surface area (Å²) in [5.41, 5.74) is 1.39. The first-order valence-corrected chi connectivity index (χ1v) is 10.9. The van der Waals surface area contributed by atoms with Gasteiger partial charge in [0.15, 0.2) is 5.78 Å². The summed E-state index contributed by atoms with van der Waals surface area (Å²) in [6, 6.07) is 4.14. The number of allylic oxidation sites excluding steroid dienone is 3. The Hall–Kier alpha value is -3.20. The molecule has 1 heterocycles. The van der Waals surface area contributed by atoms with Gasteiger partial charge in [-0.25, -0.2) is 4.79 Å². The molecule has 176 valence electrons. The minimum absolute atomic E-state index is 0.0706. The molecular weight excluding hydrogens is 452 g/mol. The second-order valence-corrected chi connectivity index (χ2v) is 8.55. The molecule has 1 aliphatic carbocycles. The molecule has 0 amide bonds. The van der Waals surface area contributed by atoms with Crippen molar-refractivity contribution in [3.63, 3.8) is 0 Å². The fraction of sp³-hybridized carbons (Fsp3) is 0.435. The number of methoxy groups -OCH3 is 1. The molecule has 0 radical (unpaired) electrons. The van der Waals surface area contributed by atoms with Gasteiger partial charge >= 0.3 is 11.9 Å². The number of nitro benzene ring substituents is 1. The maximum atomic E-state index is 13.6. The van der Waals surface area contributed by atoms with Crippen LogP contribution in [0.15, 0.2) is 40.7 Å². The number of nitrogens with zero attached hydrogens (tertiary/aromatic N) is 1. The van der Waals surface area contributed by atoms with Crippen LogP contribution in [0.5, 0.6) is 0 Å². The van der Waals surface area contributed by atoms with Gasteiger partial charge in [0.1, 0.15) is 10.9 Å². The number of carbonyl (C=O) groups is 3. The molecule has 1 N–H and O–H groups in total. The van der Waals surface area contributed by atoms with E-state index in [9.17, 15) is 24.5 Å². The molecule has 0 aromatic heterocycles. The Balaban J connectivity index is 2.23. The Morgan fingerprint density at radius 2 is 2.03 bits per heavy atom. The zero-order valence-electron chi connectivity index (χ0n) is 18.8. The molecule has 1 aliphatic heterocycles. The Bertz CT molecular complexity index is 1090. The monoisotopic (exact) mass is 476 g/mol. The minimum Gasteiger partial charge on any atom is -0.468 e. The Morgan fingerprint density at radius 1 is 1.33 bits per heavy atom. The van der Waals surface area contributed by atoms with Crippen LogP contribution >= 0.6 is 11.6 Å². The number of ketones is 1. The van der Waals surface area contributed by atoms with E-state index in [1.54, 1.807) is 13.8 Å². The fourth-order valence-electron chi connectivity index (χ4n) is 4.41. The summed E-state index contributed by atoms with van der Waals surface area (Å²) in [5, 5.41) is 14.6. The summed E-state index contributed by atoms with van der Waals surface area (Å²) < 4.78 is 10.2. The zero-order valence-corrected chi connectivity index (χ0v) is 19.5. The zero-order chi connectivity index (χ0) is 24.4. The lowest BCUT2D eigenvalue weighted by molar-refractivity contribution is -0.384. The van der Waals surface area contributed by atoms with E-state index in [-0.39, 0.29) is 34.4 Å². The number of nitro groups is 1. The van der Waals surface area contributed by atoms with Crippen LogP contribution in [0, 0.1) is 22.0 Å². The van der Waals surface area contributed by atoms with Crippen molar-refractivity contribution in [3.8, 4) is 0 Å². The molecule has 3 atom stereocenters. The molecule has 2 aliphatic rings. The summed E-state index contributed by atoms with van der Waals surface area (Å²) in [7, 11) is 1.21. The van der Waals surface area contributed by atoms with Gasteiger partial charge in [-0.15, -0.1) is 0 Å². The predicted octanol–water partition coefficient (Wildman–Crippen LogP) is 3.81. The van der Waals surface area contributed by atoms with Crippen LogP contribution < -0.4 is 5.32 Å². The highest BCUT2D eigenvalue weighted by atomic mass is 35.5. The van der Waals surface area contributed by atoms with Crippen LogP contribution in [0.4, 0.5) is 5.69 Å². The van der Waals surface area contributed by atoms with E-state index >= 15 is 0 Å². The summed E-state index contributed by atoms with van der Waals surface area (Å²) in [6.07, 6.45) is 0.957. The van der Waals surface area contributed by atoms with E-state index in [2.05, 4.69) is 5.32 Å². The number of hydrogen-bond acceptors (Lipinski definition) is 8. The van der Waals surface area contributed by atoms with E-state index < -0.39 is 34.5 Å². The average Bonchev–Trinajstić information content (AvgIpc) is 2.76. The van der Waals surface area contributed by atoms with Gasteiger partial charge in [-0.3, -0.25) is 19.7 Å². The van der Waals surface area contributed by atoms with Crippen LogP contribution in [-0.4, -0.2) is 36.4 Å². The van der Waals surface area contributed by atoms with E-state index in [4.69, 9.17) is 21.1 Å². The maximum absolute atomic E-state index is 13.6. The molecular formula is C23H25ClN2O7. The number of rotatable bonds is 6. The van der Waals surface area contributed by atoms with Gasteiger partial charge in [-0.05, 0) is 37.3 Å². The summed E-state index contributed by atoms with van der Waals surface area (Å²) >= 11 is 6.00. The summed E-state index contributed by atoms with van der Waals surface area (Å²) in [4.78, 5) is 49.9. The van der Waals surface area contributed by atoms with Gasteiger partial charge in [0.2, 0.25) is 0 Å². The Labute approximate surface area is 195 Å². The van der Waals surface area contributed by atoms with Crippen molar-refractivity contribution in [3.05, 3.63) is 61.4 Å². The Morgan fingerprint density at radius 3 is 2.64 bits per heavy atom. The fourth-order valence-corrected chi connectivity index (χ4v) is 4.59. The number of Topliss-reactive ketones (excluding diaryl/α,β-unsaturated/α-hetero) is 1. The van der Waals surface area contributed by atoms with Gasteiger partial charge in [-0.1, -0.05) is 31.5 Å². The Kier molecular flexibility index (Phi) is 7.22. The number of esters is 2. The van der Waals surface area contributed by atoms with Crippen molar-refractivity contribution >= 4 is 35.0 Å². The second-order valence-electron chi connectivity index (χ2n) is 8.14. The van der Waals surface area contributed by atoms with Crippen molar-refractivity contribution in [1.82, 2.24) is 5.32 Å². The number of halogens is 1. The van der Waals surface area contributed by atoms with Gasteiger partial charge in [0.05, 0.1) is 24.2 Å². The van der Waals surface area contributed by atoms with Gasteiger partial charge < -0.3 is 14.8 Å². The SMILES string of the molecule is CCCOC(=O)C1=C(C)NC2=C(C(=O)[C@@H](C(=O)OC)[C@H](C)C2)[C@@H]1c1ccc(Cl)c([N+](=O)[O-])c1. The first-order chi connectivity index (χ1) is 15.6. The average molecular weight is 477 g/mol. The van der Waals surface area contributed by atoms with Gasteiger partial charge in [-0.2, -0.15) is 0 Å². The molecule has 0 bridgehead atoms. The van der Waals surface area contributed by atoms with Crippen molar-refractivity contribution in [2.75, 3.05) is 13.7 Å². The highest BCUT2D eigenvalue weighted by molar-refractivity contribution is 6.32. The third kappa shape index (κ3) is 4.50. The lowest BCUT2D eigenvalue weighted by atomic mass is 9.69. The van der Waals surface area contributed by atoms with Gasteiger partial charge in [0.25, 0.3) is 5.69 Å². The largest absolute Gasteiger partial charge is 0.468 e. The highest BCUT2D eigenvalue weighted by Gasteiger charge is 2.47. The van der Waals surface area contributed by atoms with Crippen molar-refractivity contribution in [2.45, 2.75) is 39.5 Å². The number of nitrogens with one attached hydrogen (secondary N) is 1. The predicted molar refractivity (Wildman–Crippen MR) is 119 cm³/mol. The van der Waals surface area contributed by atoms with Crippen LogP contribution in [0.1, 0.15) is 45.1 Å². The summed E-state index contributed by atoms with van der Waals surface area (Å²) in [5.74, 6) is -4.14. The molecule has 0 unspecified atom stereocenters. The molecule has 9 nitrogen and oxygen atoms in total. The molecule has 0 saturated heterocycles. The van der Waals surface area contributed by atoms with Crippen LogP contribution in [0.2, 0.25) is 5.02 Å². The number of ether oxygens (including phenoxy) is 2. The molecule has 1 aromatic carbocycles. The molecule has 0 spiro atoms. The van der Waals surface area contributed by atoms with Gasteiger partial charge in [0, 0.05) is 29.0 Å². The number of carbonyl (C=O) groups excluding carboxylic acids is 3. The molecule has 3 rings (SSSR count). The van der Waals surface area contributed by atoms with E-state index in [0.717, 1.165) is 0 Å². The molecule has 1 aromatic rings. The molecule has 0 saturated carbocycles. The first-order valence-electron chi connectivity index (χ1n) is 10.6. The van der Waals surface area contributed by atoms with Crippen LogP contribution in [-0.2, 0) is 23.9 Å². The highest BCUT2D eigenvalue weighted by Crippen LogP contribution is 2.46. The smallest absolute Gasteiger partial charge is 0.336 e. The van der Waals surface area contributed by atoms with Crippen molar-refractivity contribution in [1.29, 1.82) is 0 Å². The normalized spacial score (nSPS) is 22.5. The standard InChI is InChI=1S/C23H25ClN2O7/c1-5-8-33-23(29)18-12(3)25-15-9-11(2)17(22(28)32-4)21(27)20(15)19(18)13-6-7-14(24)16(10-13)26(30)31/h6-7,10-11,17,19,25H,5,8-9H2,1-4H3/t11-,17+,19-/m1/s1. The first kappa shape index (κ1) is 24.4. The third-order valence-electron chi connectivity index (χ3n) is 5.90. The lowest BCUT2D eigenvalue weighted by Crippen LogP contribution is -2.43. The minimum atomic E-state index is -1.05. The molecule has 10 heteroatoms. The number of benzene rings is 1. The maximum Gasteiger partial charge on any atom is 0.336 e. The number of dihydropyridines is 1. The van der Waals surface area contributed by atoms with Crippen molar-refractivity contribution in [2.24, 2.45) is 11.8 Å². The van der Waals surface area contributed by atoms with E-state index in [1.807, 2.05) is 6.92 Å². The third-order valence-corrected chi connectivity index (χ3v) is 6.22. The quantitative estimate of drug-likeness (QED) is 0.284. The number of hydrogen-bond donors (Lipinski definition) is 1.